The first kappa shape index (κ1) is 15.3. The minimum absolute atomic E-state index is 0.137. The molecule has 0 aliphatic heterocycles. The second-order valence-corrected chi connectivity index (χ2v) is 6.42. The lowest BCUT2D eigenvalue weighted by atomic mass is 10.0. The predicted octanol–water partition coefficient (Wildman–Crippen LogP) is 2.47. The number of rotatable bonds is 6. The van der Waals surface area contributed by atoms with E-state index in [1.165, 1.54) is 12.8 Å². The maximum atomic E-state index is 12.1. The summed E-state index contributed by atoms with van der Waals surface area (Å²) in [4.78, 5) is 16.3. The van der Waals surface area contributed by atoms with Gasteiger partial charge in [-0.05, 0) is 36.6 Å². The highest BCUT2D eigenvalue weighted by atomic mass is 32.2. The van der Waals surface area contributed by atoms with Crippen LogP contribution in [0.15, 0.2) is 23.4 Å². The Balaban J connectivity index is 1.86. The summed E-state index contributed by atoms with van der Waals surface area (Å²) in [5.74, 6) is 1.14. The zero-order valence-electron chi connectivity index (χ0n) is 11.8. The van der Waals surface area contributed by atoms with Crippen molar-refractivity contribution in [2.24, 2.45) is 5.92 Å². The lowest BCUT2D eigenvalue weighted by Crippen LogP contribution is -2.35. The third-order valence-corrected chi connectivity index (χ3v) is 4.51. The van der Waals surface area contributed by atoms with Crippen molar-refractivity contribution in [1.29, 1.82) is 0 Å². The summed E-state index contributed by atoms with van der Waals surface area (Å²) in [6.45, 7) is 2.39. The summed E-state index contributed by atoms with van der Waals surface area (Å²) in [5.41, 5.74) is 0.606. The molecule has 1 heterocycles. The molecule has 1 aromatic heterocycles. The number of carbonyl (C=O) groups is 1. The SMILES string of the molecule is CCSc1cc(C(=O)NCC(O)C2CCCC2)ccn1. The monoisotopic (exact) mass is 294 g/mol. The van der Waals surface area contributed by atoms with Crippen LogP contribution in [-0.4, -0.2) is 34.4 Å². The molecule has 4 nitrogen and oxygen atoms in total. The van der Waals surface area contributed by atoms with Crippen LogP contribution in [0.25, 0.3) is 0 Å². The van der Waals surface area contributed by atoms with Crippen molar-refractivity contribution in [3.8, 4) is 0 Å². The second-order valence-electron chi connectivity index (χ2n) is 5.14. The maximum absolute atomic E-state index is 12.1. The van der Waals surface area contributed by atoms with Crippen LogP contribution in [0.4, 0.5) is 0 Å². The van der Waals surface area contributed by atoms with Crippen molar-refractivity contribution >= 4 is 17.7 Å². The molecule has 0 radical (unpaired) electrons. The normalized spacial score (nSPS) is 17.1. The minimum atomic E-state index is -0.423. The highest BCUT2D eigenvalue weighted by Gasteiger charge is 2.23. The zero-order chi connectivity index (χ0) is 14.4. The molecular weight excluding hydrogens is 272 g/mol. The number of thioether (sulfide) groups is 1. The summed E-state index contributed by atoms with van der Waals surface area (Å²) >= 11 is 1.61. The van der Waals surface area contributed by atoms with Gasteiger partial charge in [-0.1, -0.05) is 19.8 Å². The number of aliphatic hydroxyl groups excluding tert-OH is 1. The molecule has 0 saturated heterocycles. The average Bonchev–Trinajstić information content (AvgIpc) is 2.99. The lowest BCUT2D eigenvalue weighted by molar-refractivity contribution is 0.0840. The van der Waals surface area contributed by atoms with E-state index in [9.17, 15) is 9.90 Å². The van der Waals surface area contributed by atoms with E-state index in [-0.39, 0.29) is 5.91 Å². The van der Waals surface area contributed by atoms with Gasteiger partial charge in [0.25, 0.3) is 5.91 Å². The number of carbonyl (C=O) groups excluding carboxylic acids is 1. The standard InChI is InChI=1S/C15H22N2O2S/c1-2-20-14-9-12(7-8-16-14)15(19)17-10-13(18)11-5-3-4-6-11/h7-9,11,13,18H,2-6,10H2,1H3,(H,17,19). The molecule has 20 heavy (non-hydrogen) atoms. The molecule has 0 aromatic carbocycles. The first-order chi connectivity index (χ1) is 9.70. The summed E-state index contributed by atoms with van der Waals surface area (Å²) in [6, 6.07) is 3.50. The molecule has 0 spiro atoms. The van der Waals surface area contributed by atoms with Crippen LogP contribution in [0.3, 0.4) is 0 Å². The third-order valence-electron chi connectivity index (χ3n) is 3.70. The van der Waals surface area contributed by atoms with Gasteiger partial charge in [0.15, 0.2) is 0 Å². The van der Waals surface area contributed by atoms with E-state index < -0.39 is 6.10 Å². The van der Waals surface area contributed by atoms with Gasteiger partial charge in [-0.3, -0.25) is 4.79 Å². The molecule has 2 rings (SSSR count). The molecule has 1 unspecified atom stereocenters. The van der Waals surface area contributed by atoms with Gasteiger partial charge in [-0.25, -0.2) is 4.98 Å². The summed E-state index contributed by atoms with van der Waals surface area (Å²) in [6.07, 6.45) is 5.76. The largest absolute Gasteiger partial charge is 0.391 e. The topological polar surface area (TPSA) is 62.2 Å². The summed E-state index contributed by atoms with van der Waals surface area (Å²) < 4.78 is 0. The van der Waals surface area contributed by atoms with Crippen molar-refractivity contribution in [2.75, 3.05) is 12.3 Å². The Morgan fingerprint density at radius 3 is 3.00 bits per heavy atom. The Morgan fingerprint density at radius 2 is 2.30 bits per heavy atom. The fourth-order valence-electron chi connectivity index (χ4n) is 2.59. The van der Waals surface area contributed by atoms with Crippen molar-refractivity contribution in [1.82, 2.24) is 10.3 Å². The molecule has 1 saturated carbocycles. The van der Waals surface area contributed by atoms with Gasteiger partial charge in [0.05, 0.1) is 11.1 Å². The van der Waals surface area contributed by atoms with Crippen LogP contribution in [0.1, 0.15) is 43.0 Å². The van der Waals surface area contributed by atoms with Crippen molar-refractivity contribution in [3.05, 3.63) is 23.9 Å². The van der Waals surface area contributed by atoms with Crippen molar-refractivity contribution in [3.63, 3.8) is 0 Å². The molecule has 110 valence electrons. The molecule has 1 aromatic rings. The van der Waals surface area contributed by atoms with Gasteiger partial charge < -0.3 is 10.4 Å². The predicted molar refractivity (Wildman–Crippen MR) is 80.9 cm³/mol. The van der Waals surface area contributed by atoms with Crippen molar-refractivity contribution in [2.45, 2.75) is 43.7 Å². The van der Waals surface area contributed by atoms with Gasteiger partial charge in [0.2, 0.25) is 0 Å². The smallest absolute Gasteiger partial charge is 0.251 e. The van der Waals surface area contributed by atoms with Crippen LogP contribution in [0.2, 0.25) is 0 Å². The molecule has 1 aliphatic carbocycles. The van der Waals surface area contributed by atoms with E-state index >= 15 is 0 Å². The van der Waals surface area contributed by atoms with Gasteiger partial charge >= 0.3 is 0 Å². The average molecular weight is 294 g/mol. The summed E-state index contributed by atoms with van der Waals surface area (Å²) in [7, 11) is 0. The Labute approximate surface area is 124 Å². The van der Waals surface area contributed by atoms with Crippen LogP contribution < -0.4 is 5.32 Å². The quantitative estimate of drug-likeness (QED) is 0.791. The van der Waals surface area contributed by atoms with E-state index in [0.29, 0.717) is 18.0 Å². The molecule has 1 amide bonds. The molecule has 0 bridgehead atoms. The number of aliphatic hydroxyl groups is 1. The van der Waals surface area contributed by atoms with Crippen LogP contribution in [0.5, 0.6) is 0 Å². The molecule has 2 N–H and O–H groups in total. The van der Waals surface area contributed by atoms with E-state index in [1.54, 1.807) is 30.1 Å². The number of amides is 1. The highest BCUT2D eigenvalue weighted by Crippen LogP contribution is 2.27. The van der Waals surface area contributed by atoms with Crippen LogP contribution in [-0.2, 0) is 0 Å². The molecule has 1 fully saturated rings. The first-order valence-electron chi connectivity index (χ1n) is 7.26. The number of aromatic nitrogens is 1. The number of hydrogen-bond acceptors (Lipinski definition) is 4. The molecule has 5 heteroatoms. The van der Waals surface area contributed by atoms with E-state index in [4.69, 9.17) is 0 Å². The fraction of sp³-hybridized carbons (Fsp3) is 0.600. The maximum Gasteiger partial charge on any atom is 0.251 e. The second kappa shape index (κ2) is 7.64. The van der Waals surface area contributed by atoms with Crippen molar-refractivity contribution < 1.29 is 9.90 Å². The summed E-state index contributed by atoms with van der Waals surface area (Å²) in [5, 5.41) is 13.7. The van der Waals surface area contributed by atoms with Gasteiger partial charge in [0.1, 0.15) is 0 Å². The number of nitrogens with one attached hydrogen (secondary N) is 1. The highest BCUT2D eigenvalue weighted by molar-refractivity contribution is 7.99. The minimum Gasteiger partial charge on any atom is -0.391 e. The third kappa shape index (κ3) is 4.21. The van der Waals surface area contributed by atoms with E-state index in [2.05, 4.69) is 17.2 Å². The molecular formula is C15H22N2O2S. The van der Waals surface area contributed by atoms with Gasteiger partial charge in [-0.15, -0.1) is 11.8 Å². The van der Waals surface area contributed by atoms with Crippen LogP contribution >= 0.6 is 11.8 Å². The fourth-order valence-corrected chi connectivity index (χ4v) is 3.23. The number of hydrogen-bond donors (Lipinski definition) is 2. The van der Waals surface area contributed by atoms with E-state index in [1.807, 2.05) is 0 Å². The van der Waals surface area contributed by atoms with Crippen LogP contribution in [0, 0.1) is 5.92 Å². The number of nitrogens with zero attached hydrogens (tertiary/aromatic N) is 1. The Hall–Kier alpha value is -1.07. The first-order valence-corrected chi connectivity index (χ1v) is 8.24. The van der Waals surface area contributed by atoms with Gasteiger partial charge in [0, 0.05) is 18.3 Å². The lowest BCUT2D eigenvalue weighted by Gasteiger charge is -2.18. The Kier molecular flexibility index (Phi) is 5.86. The van der Waals surface area contributed by atoms with Gasteiger partial charge in [-0.2, -0.15) is 0 Å². The van der Waals surface area contributed by atoms with E-state index in [0.717, 1.165) is 23.6 Å². The zero-order valence-corrected chi connectivity index (χ0v) is 12.7. The molecule has 1 aliphatic rings. The Bertz CT molecular complexity index is 447. The molecule has 1 atom stereocenters. The number of pyridine rings is 1. The Morgan fingerprint density at radius 1 is 1.55 bits per heavy atom.